The molecule has 0 aromatic heterocycles. The van der Waals surface area contributed by atoms with Crippen molar-refractivity contribution >= 4 is 57.1 Å². The summed E-state index contributed by atoms with van der Waals surface area (Å²) >= 11 is 3.88. The van der Waals surface area contributed by atoms with Crippen LogP contribution in [-0.4, -0.2) is 48.1 Å². The molecule has 0 aliphatic carbocycles. The van der Waals surface area contributed by atoms with Crippen molar-refractivity contribution in [2.45, 2.75) is 33.1 Å². The Bertz CT molecular complexity index is 855. The van der Waals surface area contributed by atoms with Gasteiger partial charge in [0.2, 0.25) is 0 Å². The van der Waals surface area contributed by atoms with Crippen LogP contribution in [-0.2, 0) is 0 Å². The molecule has 4 rings (SSSR count). The molecule has 2 aromatic carbocycles. The number of carbonyl (C=O) groups excluding carboxylic acids is 1. The minimum Gasteiger partial charge on any atom is -0.478 e. The van der Waals surface area contributed by atoms with Gasteiger partial charge < -0.3 is 15.3 Å². The molecule has 9 heteroatoms. The third kappa shape index (κ3) is 10.1. The topological polar surface area (TPSA) is 69.6 Å². The number of rotatable bonds is 2. The third-order valence-corrected chi connectivity index (χ3v) is 5.82. The standard InChI is InChI=1S/C11H11FINO.C7H4FIO2.C4H9N.CH4/c12-9-5-8(6-10(13)7-9)11(15)14-3-1-2-4-14;8-5-1-4(7(10)11)2-6(9)3-5;1-2-4-5-3-1;/h5-7H,1-4H2;1-3H,(H,10,11);5H,1-4H2;1H4. The number of amides is 1. The molecule has 176 valence electrons. The van der Waals surface area contributed by atoms with Crippen LogP contribution >= 0.6 is 45.2 Å². The Kier molecular flexibility index (Phi) is 13.2. The van der Waals surface area contributed by atoms with Crippen molar-refractivity contribution in [3.8, 4) is 0 Å². The van der Waals surface area contributed by atoms with Crippen LogP contribution in [0.25, 0.3) is 0 Å². The van der Waals surface area contributed by atoms with Gasteiger partial charge >= 0.3 is 5.97 Å². The van der Waals surface area contributed by atoms with Crippen LogP contribution in [0.15, 0.2) is 36.4 Å². The quantitative estimate of drug-likeness (QED) is 0.396. The number of halogens is 4. The molecular weight excluding hydrogens is 644 g/mol. The highest BCUT2D eigenvalue weighted by molar-refractivity contribution is 14.1. The van der Waals surface area contributed by atoms with Crippen LogP contribution in [0.4, 0.5) is 8.78 Å². The number of hydrogen-bond acceptors (Lipinski definition) is 3. The van der Waals surface area contributed by atoms with Gasteiger partial charge in [-0.2, -0.15) is 0 Å². The molecule has 5 nitrogen and oxygen atoms in total. The van der Waals surface area contributed by atoms with E-state index in [1.54, 1.807) is 11.0 Å². The average Bonchev–Trinajstić information content (AvgIpc) is 3.43. The maximum Gasteiger partial charge on any atom is 0.335 e. The average molecular weight is 672 g/mol. The van der Waals surface area contributed by atoms with E-state index in [0.717, 1.165) is 35.6 Å². The Balaban J connectivity index is 0.000000264. The molecule has 0 unspecified atom stereocenters. The number of aromatic carboxylic acids is 1. The van der Waals surface area contributed by atoms with Gasteiger partial charge in [0, 0.05) is 25.8 Å². The predicted octanol–water partition coefficient (Wildman–Crippen LogP) is 5.80. The first-order chi connectivity index (χ1) is 14.8. The van der Waals surface area contributed by atoms with E-state index >= 15 is 0 Å². The van der Waals surface area contributed by atoms with Crippen LogP contribution in [0.3, 0.4) is 0 Å². The fourth-order valence-electron chi connectivity index (χ4n) is 3.08. The summed E-state index contributed by atoms with van der Waals surface area (Å²) in [7, 11) is 0. The first-order valence-corrected chi connectivity index (χ1v) is 12.1. The lowest BCUT2D eigenvalue weighted by atomic mass is 10.2. The number of carbonyl (C=O) groups is 2. The third-order valence-electron chi connectivity index (χ3n) is 4.57. The van der Waals surface area contributed by atoms with Gasteiger partial charge in [0.15, 0.2) is 0 Å². The van der Waals surface area contributed by atoms with Crippen molar-refractivity contribution in [3.05, 3.63) is 66.3 Å². The van der Waals surface area contributed by atoms with Crippen molar-refractivity contribution in [1.29, 1.82) is 0 Å². The highest BCUT2D eigenvalue weighted by atomic mass is 127. The second kappa shape index (κ2) is 14.7. The molecular formula is C23H28F2I2N2O3. The first-order valence-electron chi connectivity index (χ1n) is 9.92. The number of likely N-dealkylation sites (tertiary alicyclic amines) is 1. The van der Waals surface area contributed by atoms with Crippen LogP contribution in [0.1, 0.15) is 53.8 Å². The number of benzene rings is 2. The molecule has 0 atom stereocenters. The zero-order valence-corrected chi connectivity index (χ0v) is 21.2. The largest absolute Gasteiger partial charge is 0.478 e. The zero-order chi connectivity index (χ0) is 22.8. The van der Waals surface area contributed by atoms with Crippen LogP contribution in [0.2, 0.25) is 0 Å². The van der Waals surface area contributed by atoms with Crippen LogP contribution in [0, 0.1) is 18.8 Å². The normalized spacial score (nSPS) is 14.4. The number of carboxylic acid groups (broad SMARTS) is 1. The van der Waals surface area contributed by atoms with E-state index in [2.05, 4.69) is 5.32 Å². The summed E-state index contributed by atoms with van der Waals surface area (Å²) in [4.78, 5) is 24.0. The summed E-state index contributed by atoms with van der Waals surface area (Å²) in [5.41, 5.74) is 0.440. The molecule has 2 aromatic rings. The second-order valence-corrected chi connectivity index (χ2v) is 9.57. The fraction of sp³-hybridized carbons (Fsp3) is 0.391. The molecule has 0 spiro atoms. The Labute approximate surface area is 215 Å². The van der Waals surface area contributed by atoms with Gasteiger partial charge in [-0.3, -0.25) is 4.79 Å². The van der Waals surface area contributed by atoms with E-state index in [1.165, 1.54) is 50.2 Å². The number of carboxylic acids is 1. The van der Waals surface area contributed by atoms with Gasteiger partial charge in [-0.15, -0.1) is 0 Å². The SMILES string of the molecule is C.C1CCNC1.O=C(O)c1cc(F)cc(I)c1.O=C(c1cc(F)cc(I)c1)N1CCCC1. The second-order valence-electron chi connectivity index (χ2n) is 7.08. The van der Waals surface area contributed by atoms with Gasteiger partial charge in [0.25, 0.3) is 5.91 Å². The minimum atomic E-state index is -1.11. The van der Waals surface area contributed by atoms with E-state index in [0.29, 0.717) is 9.13 Å². The van der Waals surface area contributed by atoms with Gasteiger partial charge in [-0.05, 0) is 120 Å². The maximum absolute atomic E-state index is 13.1. The molecule has 0 radical (unpaired) electrons. The Morgan fingerprint density at radius 1 is 0.812 bits per heavy atom. The van der Waals surface area contributed by atoms with Crippen LogP contribution < -0.4 is 5.32 Å². The summed E-state index contributed by atoms with van der Waals surface area (Å²) < 4.78 is 27.0. The Hall–Kier alpha value is -1.34. The molecule has 2 aliphatic heterocycles. The van der Waals surface area contributed by atoms with E-state index in [9.17, 15) is 18.4 Å². The molecule has 2 aliphatic rings. The van der Waals surface area contributed by atoms with Crippen molar-refractivity contribution < 1.29 is 23.5 Å². The lowest BCUT2D eigenvalue weighted by molar-refractivity contribution is 0.0695. The van der Waals surface area contributed by atoms with E-state index in [1.807, 2.05) is 45.2 Å². The summed E-state index contributed by atoms with van der Waals surface area (Å²) in [6.07, 6.45) is 4.89. The first kappa shape index (κ1) is 28.7. The summed E-state index contributed by atoms with van der Waals surface area (Å²) in [5.74, 6) is -2.02. The molecule has 2 N–H and O–H groups in total. The van der Waals surface area contributed by atoms with Crippen molar-refractivity contribution in [2.24, 2.45) is 0 Å². The lowest BCUT2D eigenvalue weighted by Gasteiger charge is -2.15. The minimum absolute atomic E-state index is 0. The van der Waals surface area contributed by atoms with Gasteiger partial charge in [0.1, 0.15) is 11.6 Å². The van der Waals surface area contributed by atoms with Crippen molar-refractivity contribution in [1.82, 2.24) is 10.2 Å². The molecule has 2 heterocycles. The summed E-state index contributed by atoms with van der Waals surface area (Å²) in [6.45, 7) is 4.10. The molecule has 0 saturated carbocycles. The van der Waals surface area contributed by atoms with E-state index < -0.39 is 11.8 Å². The summed E-state index contributed by atoms with van der Waals surface area (Å²) in [6, 6.07) is 8.12. The van der Waals surface area contributed by atoms with Crippen molar-refractivity contribution in [3.63, 3.8) is 0 Å². The monoisotopic (exact) mass is 672 g/mol. The predicted molar refractivity (Wildman–Crippen MR) is 139 cm³/mol. The Morgan fingerprint density at radius 3 is 1.69 bits per heavy atom. The number of nitrogens with zero attached hydrogens (tertiary/aromatic N) is 1. The van der Waals surface area contributed by atoms with Gasteiger partial charge in [0.05, 0.1) is 5.56 Å². The van der Waals surface area contributed by atoms with Crippen LogP contribution in [0.5, 0.6) is 0 Å². The number of nitrogens with one attached hydrogen (secondary N) is 1. The molecule has 1 amide bonds. The molecule has 2 saturated heterocycles. The van der Waals surface area contributed by atoms with Crippen molar-refractivity contribution in [2.75, 3.05) is 26.2 Å². The highest BCUT2D eigenvalue weighted by Gasteiger charge is 2.20. The van der Waals surface area contributed by atoms with E-state index in [4.69, 9.17) is 5.11 Å². The lowest BCUT2D eigenvalue weighted by Crippen LogP contribution is -2.27. The summed E-state index contributed by atoms with van der Waals surface area (Å²) in [5, 5.41) is 11.7. The highest BCUT2D eigenvalue weighted by Crippen LogP contribution is 2.16. The van der Waals surface area contributed by atoms with Gasteiger partial charge in [-0.1, -0.05) is 7.43 Å². The number of hydrogen-bond donors (Lipinski definition) is 2. The Morgan fingerprint density at radius 2 is 1.28 bits per heavy atom. The van der Waals surface area contributed by atoms with Gasteiger partial charge in [-0.25, -0.2) is 13.6 Å². The maximum atomic E-state index is 13.1. The smallest absolute Gasteiger partial charge is 0.335 e. The zero-order valence-electron chi connectivity index (χ0n) is 16.8. The molecule has 0 bridgehead atoms. The fourth-order valence-corrected chi connectivity index (χ4v) is 4.35. The molecule has 2 fully saturated rings. The molecule has 32 heavy (non-hydrogen) atoms. The van der Waals surface area contributed by atoms with E-state index in [-0.39, 0.29) is 24.7 Å².